The number of carbonyl (C=O) groups is 1. The smallest absolute Gasteiger partial charge is 0.186 e. The van der Waals surface area contributed by atoms with Crippen LogP contribution in [0.2, 0.25) is 0 Å². The third-order valence-corrected chi connectivity index (χ3v) is 2.00. The Morgan fingerprint density at radius 2 is 1.57 bits per heavy atom. The van der Waals surface area contributed by atoms with Gasteiger partial charge in [0.05, 0.1) is 0 Å². The zero-order valence-corrected chi connectivity index (χ0v) is 9.37. The van der Waals surface area contributed by atoms with E-state index in [0.29, 0.717) is 11.8 Å². The predicted octanol–water partition coefficient (Wildman–Crippen LogP) is 3.29. The van der Waals surface area contributed by atoms with E-state index in [9.17, 15) is 4.79 Å². The van der Waals surface area contributed by atoms with Crippen molar-refractivity contribution in [3.63, 3.8) is 0 Å². The Morgan fingerprint density at radius 3 is 2.07 bits per heavy atom. The molecule has 0 spiro atoms. The Bertz CT molecular complexity index is 314. The van der Waals surface area contributed by atoms with Crippen molar-refractivity contribution in [2.45, 2.75) is 27.7 Å². The van der Waals surface area contributed by atoms with E-state index >= 15 is 0 Å². The molecule has 1 rings (SSSR count). The quantitative estimate of drug-likeness (QED) is 0.611. The lowest BCUT2D eigenvalue weighted by Crippen LogP contribution is -1.97. The lowest BCUT2D eigenvalue weighted by atomic mass is 10.0. The summed E-state index contributed by atoms with van der Waals surface area (Å²) in [7, 11) is 0. The van der Waals surface area contributed by atoms with E-state index in [0.717, 1.165) is 11.1 Å². The summed E-state index contributed by atoms with van der Waals surface area (Å²) in [6, 6.07) is 0. The van der Waals surface area contributed by atoms with Gasteiger partial charge in [-0.3, -0.25) is 4.79 Å². The van der Waals surface area contributed by atoms with Crippen molar-refractivity contribution in [2.75, 3.05) is 0 Å². The van der Waals surface area contributed by atoms with Crippen LogP contribution in [0.25, 0.3) is 0 Å². The largest absolute Gasteiger partial charge is 0.289 e. The molecular formula is C13H18O. The average molecular weight is 190 g/mol. The second-order valence-electron chi connectivity index (χ2n) is 4.39. The van der Waals surface area contributed by atoms with Crippen LogP contribution in [0.5, 0.6) is 0 Å². The van der Waals surface area contributed by atoms with Crippen molar-refractivity contribution in [1.82, 2.24) is 0 Å². The highest BCUT2D eigenvalue weighted by atomic mass is 16.1. The first kappa shape index (κ1) is 11.0. The summed E-state index contributed by atoms with van der Waals surface area (Å²) in [6.07, 6.45) is 7.74. The molecule has 0 fully saturated rings. The van der Waals surface area contributed by atoms with Gasteiger partial charge in [0.25, 0.3) is 0 Å². The summed E-state index contributed by atoms with van der Waals surface area (Å²) < 4.78 is 0. The van der Waals surface area contributed by atoms with Gasteiger partial charge in [-0.15, -0.1) is 0 Å². The average Bonchev–Trinajstić information content (AvgIpc) is 2.34. The molecule has 0 saturated heterocycles. The molecule has 0 radical (unpaired) electrons. The zero-order chi connectivity index (χ0) is 10.7. The van der Waals surface area contributed by atoms with Gasteiger partial charge in [0.15, 0.2) is 5.78 Å². The van der Waals surface area contributed by atoms with E-state index in [4.69, 9.17) is 0 Å². The van der Waals surface area contributed by atoms with E-state index < -0.39 is 0 Å². The third-order valence-electron chi connectivity index (χ3n) is 2.00. The molecule has 1 nitrogen and oxygen atoms in total. The number of ketones is 1. The molecule has 0 aromatic heterocycles. The van der Waals surface area contributed by atoms with Crippen molar-refractivity contribution in [1.29, 1.82) is 0 Å². The van der Waals surface area contributed by atoms with Gasteiger partial charge in [-0.25, -0.2) is 0 Å². The van der Waals surface area contributed by atoms with Crippen LogP contribution in [0.4, 0.5) is 0 Å². The van der Waals surface area contributed by atoms with Crippen LogP contribution in [0, 0.1) is 11.8 Å². The minimum Gasteiger partial charge on any atom is -0.289 e. The van der Waals surface area contributed by atoms with Gasteiger partial charge >= 0.3 is 0 Å². The summed E-state index contributed by atoms with van der Waals surface area (Å²) in [6.45, 7) is 8.42. The first-order chi connectivity index (χ1) is 6.50. The predicted molar refractivity (Wildman–Crippen MR) is 60.0 cm³/mol. The van der Waals surface area contributed by atoms with E-state index in [1.54, 1.807) is 6.08 Å². The molecule has 0 saturated carbocycles. The number of carbonyl (C=O) groups excluding carboxylic acids is 1. The second kappa shape index (κ2) is 4.41. The molecule has 0 aromatic carbocycles. The van der Waals surface area contributed by atoms with Crippen LogP contribution in [0.15, 0.2) is 35.5 Å². The number of allylic oxidation sites excluding steroid dienone is 6. The summed E-state index contributed by atoms with van der Waals surface area (Å²) in [5.74, 6) is 1.05. The molecule has 0 bridgehead atoms. The summed E-state index contributed by atoms with van der Waals surface area (Å²) in [5, 5.41) is 0. The van der Waals surface area contributed by atoms with Crippen molar-refractivity contribution >= 4 is 5.78 Å². The van der Waals surface area contributed by atoms with Crippen LogP contribution < -0.4 is 0 Å². The highest BCUT2D eigenvalue weighted by Gasteiger charge is 2.16. The fourth-order valence-corrected chi connectivity index (χ4v) is 1.50. The minimum absolute atomic E-state index is 0.144. The van der Waals surface area contributed by atoms with Gasteiger partial charge < -0.3 is 0 Å². The zero-order valence-electron chi connectivity index (χ0n) is 9.37. The van der Waals surface area contributed by atoms with Gasteiger partial charge in [0.1, 0.15) is 0 Å². The van der Waals surface area contributed by atoms with Crippen molar-refractivity contribution in [3.05, 3.63) is 35.5 Å². The molecule has 1 heteroatoms. The lowest BCUT2D eigenvalue weighted by Gasteiger charge is -2.04. The normalized spacial score (nSPS) is 22.3. The van der Waals surface area contributed by atoms with Gasteiger partial charge in [-0.05, 0) is 23.5 Å². The van der Waals surface area contributed by atoms with E-state index in [2.05, 4.69) is 33.8 Å². The fourth-order valence-electron chi connectivity index (χ4n) is 1.50. The minimum atomic E-state index is 0.144. The first-order valence-electron chi connectivity index (χ1n) is 5.17. The van der Waals surface area contributed by atoms with E-state index in [1.807, 2.05) is 12.2 Å². The highest BCUT2D eigenvalue weighted by molar-refractivity contribution is 6.11. The van der Waals surface area contributed by atoms with E-state index in [-0.39, 0.29) is 5.78 Å². The number of rotatable bonds is 2. The maximum atomic E-state index is 11.5. The fraction of sp³-hybridized carbons (Fsp3) is 0.462. The molecule has 0 unspecified atom stereocenters. The Labute approximate surface area is 86.2 Å². The van der Waals surface area contributed by atoms with Crippen LogP contribution in [-0.4, -0.2) is 5.78 Å². The molecule has 0 amide bonds. The SMILES string of the molecule is CC(C)C=C1C=CC(=O)C1=CC(C)C. The Balaban J connectivity index is 2.98. The van der Waals surface area contributed by atoms with E-state index in [1.165, 1.54) is 0 Å². The van der Waals surface area contributed by atoms with Gasteiger partial charge in [0.2, 0.25) is 0 Å². The highest BCUT2D eigenvalue weighted by Crippen LogP contribution is 2.23. The molecule has 0 atom stereocenters. The summed E-state index contributed by atoms with van der Waals surface area (Å²) in [4.78, 5) is 11.5. The summed E-state index contributed by atoms with van der Waals surface area (Å²) >= 11 is 0. The Morgan fingerprint density at radius 1 is 1.00 bits per heavy atom. The second-order valence-corrected chi connectivity index (χ2v) is 4.39. The van der Waals surface area contributed by atoms with Gasteiger partial charge in [-0.2, -0.15) is 0 Å². The van der Waals surface area contributed by atoms with Crippen molar-refractivity contribution in [3.8, 4) is 0 Å². The van der Waals surface area contributed by atoms with Crippen LogP contribution in [0.1, 0.15) is 27.7 Å². The molecule has 1 aliphatic rings. The molecule has 0 N–H and O–H groups in total. The van der Waals surface area contributed by atoms with Crippen molar-refractivity contribution < 1.29 is 4.79 Å². The van der Waals surface area contributed by atoms with Crippen molar-refractivity contribution in [2.24, 2.45) is 11.8 Å². The van der Waals surface area contributed by atoms with Gasteiger partial charge in [0, 0.05) is 5.57 Å². The van der Waals surface area contributed by atoms with Gasteiger partial charge in [-0.1, -0.05) is 45.9 Å². The Kier molecular flexibility index (Phi) is 3.45. The molecule has 0 aliphatic heterocycles. The maximum Gasteiger partial charge on any atom is 0.186 e. The molecule has 1 aliphatic carbocycles. The molecule has 0 heterocycles. The molecule has 0 aromatic rings. The molecular weight excluding hydrogens is 172 g/mol. The topological polar surface area (TPSA) is 17.1 Å². The lowest BCUT2D eigenvalue weighted by molar-refractivity contribution is -0.110. The standard InChI is InChI=1S/C13H18O/c1-9(2)7-11-5-6-13(14)12(11)8-10(3)4/h5-10H,1-4H3. The van der Waals surface area contributed by atoms with Crippen LogP contribution >= 0.6 is 0 Å². The molecule has 76 valence electrons. The number of hydrogen-bond acceptors (Lipinski definition) is 1. The summed E-state index contributed by atoms with van der Waals surface area (Å²) in [5.41, 5.74) is 1.95. The first-order valence-corrected chi connectivity index (χ1v) is 5.17. The Hall–Kier alpha value is -1.11. The molecule has 14 heavy (non-hydrogen) atoms. The van der Waals surface area contributed by atoms with Crippen LogP contribution in [-0.2, 0) is 4.79 Å². The third kappa shape index (κ3) is 2.69. The maximum absolute atomic E-state index is 11.5. The number of hydrogen-bond donors (Lipinski definition) is 0. The van der Waals surface area contributed by atoms with Crippen LogP contribution in [0.3, 0.4) is 0 Å². The monoisotopic (exact) mass is 190 g/mol.